The number of allylic oxidation sites excluding steroid dienone is 3. The highest BCUT2D eigenvalue weighted by Crippen LogP contribution is 2.07. The third kappa shape index (κ3) is 1.81. The molecule has 53 valence electrons. The fourth-order valence-electron chi connectivity index (χ4n) is 0.828. The maximum Gasteiger partial charge on any atom is 0.0682 e. The highest BCUT2D eigenvalue weighted by atomic mass is 16.5. The summed E-state index contributed by atoms with van der Waals surface area (Å²) in [5, 5.41) is 7.26. The summed E-state index contributed by atoms with van der Waals surface area (Å²) in [7, 11) is 1.65. The lowest BCUT2D eigenvalue weighted by Crippen LogP contribution is -2.01. The molecule has 1 radical (unpaired) electrons. The largest absolute Gasteiger partial charge is 0.380 e. The number of hydrogen-bond donors (Lipinski definition) is 1. The Morgan fingerprint density at radius 2 is 2.40 bits per heavy atom. The summed E-state index contributed by atoms with van der Waals surface area (Å²) in [6.45, 7) is 0.590. The first-order valence-electron chi connectivity index (χ1n) is 3.12. The van der Waals surface area contributed by atoms with E-state index in [9.17, 15) is 0 Å². The second kappa shape index (κ2) is 3.32. The second-order valence-corrected chi connectivity index (χ2v) is 2.13. The fraction of sp³-hybridized carbons (Fsp3) is 0.250. The van der Waals surface area contributed by atoms with Gasteiger partial charge in [0.25, 0.3) is 0 Å². The summed E-state index contributed by atoms with van der Waals surface area (Å²) < 4.78 is 4.90. The van der Waals surface area contributed by atoms with Crippen molar-refractivity contribution in [2.24, 2.45) is 0 Å². The minimum absolute atomic E-state index is 0.537. The molecule has 1 aliphatic rings. The van der Waals surface area contributed by atoms with Gasteiger partial charge in [-0.3, -0.25) is 0 Å². The normalized spacial score (nSPS) is 17.3. The molecule has 1 aliphatic carbocycles. The molecule has 10 heavy (non-hydrogen) atoms. The van der Waals surface area contributed by atoms with E-state index in [0.29, 0.717) is 12.3 Å². The van der Waals surface area contributed by atoms with E-state index in [-0.39, 0.29) is 0 Å². The average Bonchev–Trinajstić information content (AvgIpc) is 1.88. The van der Waals surface area contributed by atoms with Gasteiger partial charge in [0.05, 0.1) is 12.3 Å². The van der Waals surface area contributed by atoms with Crippen LogP contribution in [0.4, 0.5) is 0 Å². The van der Waals surface area contributed by atoms with Gasteiger partial charge in [-0.15, -0.1) is 0 Å². The van der Waals surface area contributed by atoms with Gasteiger partial charge < -0.3 is 10.1 Å². The number of methoxy groups -OCH3 is 1. The number of nitrogens with one attached hydrogen (secondary N) is 1. The summed E-state index contributed by atoms with van der Waals surface area (Å²) in [6.07, 6.45) is 7.35. The molecule has 2 heteroatoms. The molecule has 0 saturated carbocycles. The summed E-state index contributed by atoms with van der Waals surface area (Å²) in [5.41, 5.74) is 1.59. The molecule has 0 aromatic rings. The molecule has 0 atom stereocenters. The van der Waals surface area contributed by atoms with Crippen LogP contribution in [0.5, 0.6) is 0 Å². The van der Waals surface area contributed by atoms with Crippen LogP contribution >= 0.6 is 0 Å². The van der Waals surface area contributed by atoms with Gasteiger partial charge in [-0.05, 0) is 17.7 Å². The van der Waals surface area contributed by atoms with Crippen molar-refractivity contribution in [1.82, 2.24) is 0 Å². The molecule has 0 aromatic carbocycles. The third-order valence-corrected chi connectivity index (χ3v) is 1.24. The molecule has 0 unspecified atom stereocenters. The van der Waals surface area contributed by atoms with Crippen molar-refractivity contribution >= 4 is 5.71 Å². The maximum absolute atomic E-state index is 7.26. The Balaban J connectivity index is 2.53. The van der Waals surface area contributed by atoms with E-state index < -0.39 is 0 Å². The minimum atomic E-state index is 0.537. The lowest BCUT2D eigenvalue weighted by Gasteiger charge is -2.05. The molecular formula is C8H10NO. The van der Waals surface area contributed by atoms with Gasteiger partial charge in [0, 0.05) is 13.5 Å². The third-order valence-electron chi connectivity index (χ3n) is 1.24. The summed E-state index contributed by atoms with van der Waals surface area (Å²) in [6, 6.07) is 0. The van der Waals surface area contributed by atoms with Crippen LogP contribution in [0.2, 0.25) is 0 Å². The van der Waals surface area contributed by atoms with Crippen LogP contribution in [0.25, 0.3) is 0 Å². The van der Waals surface area contributed by atoms with Crippen LogP contribution in [-0.2, 0) is 4.74 Å². The predicted octanol–water partition coefficient (Wildman–Crippen LogP) is 1.35. The predicted molar refractivity (Wildman–Crippen MR) is 41.1 cm³/mol. The van der Waals surface area contributed by atoms with Gasteiger partial charge in [0.1, 0.15) is 0 Å². The topological polar surface area (TPSA) is 33.1 Å². The van der Waals surface area contributed by atoms with E-state index in [4.69, 9.17) is 10.1 Å². The molecule has 2 nitrogen and oxygen atoms in total. The molecule has 0 fully saturated rings. The quantitative estimate of drug-likeness (QED) is 0.610. The SMILES string of the molecule is COCC1=CC(=N)C=C[CH]1. The molecule has 1 N–H and O–H groups in total. The standard InChI is InChI=1S/C8H10NO/c1-10-6-7-3-2-4-8(9)5-7/h2-5,9H,6H2,1H3. The molecule has 0 aliphatic heterocycles. The van der Waals surface area contributed by atoms with E-state index in [1.807, 2.05) is 12.5 Å². The van der Waals surface area contributed by atoms with Gasteiger partial charge in [-0.25, -0.2) is 0 Å². The molecule has 1 rings (SSSR count). The maximum atomic E-state index is 7.26. The van der Waals surface area contributed by atoms with E-state index in [1.54, 1.807) is 19.3 Å². The van der Waals surface area contributed by atoms with Gasteiger partial charge in [-0.1, -0.05) is 6.08 Å². The van der Waals surface area contributed by atoms with Crippen molar-refractivity contribution < 1.29 is 4.74 Å². The Morgan fingerprint density at radius 3 is 3.00 bits per heavy atom. The summed E-state index contributed by atoms with van der Waals surface area (Å²) in [5.74, 6) is 0. The van der Waals surface area contributed by atoms with Crippen LogP contribution in [0.1, 0.15) is 0 Å². The number of hydrogen-bond acceptors (Lipinski definition) is 2. The molecular weight excluding hydrogens is 126 g/mol. The van der Waals surface area contributed by atoms with Crippen molar-refractivity contribution in [3.8, 4) is 0 Å². The van der Waals surface area contributed by atoms with Crippen molar-refractivity contribution in [2.75, 3.05) is 13.7 Å². The van der Waals surface area contributed by atoms with Crippen LogP contribution < -0.4 is 0 Å². The van der Waals surface area contributed by atoms with E-state index in [1.165, 1.54) is 0 Å². The molecule has 0 bridgehead atoms. The van der Waals surface area contributed by atoms with Crippen LogP contribution in [0, 0.1) is 11.8 Å². The van der Waals surface area contributed by atoms with Crippen LogP contribution in [0.3, 0.4) is 0 Å². The Kier molecular flexibility index (Phi) is 2.40. The molecule has 0 heterocycles. The van der Waals surface area contributed by atoms with Crippen LogP contribution in [0.15, 0.2) is 23.8 Å². The van der Waals surface area contributed by atoms with Crippen molar-refractivity contribution in [1.29, 1.82) is 5.41 Å². The van der Waals surface area contributed by atoms with Gasteiger partial charge in [0.15, 0.2) is 0 Å². The lowest BCUT2D eigenvalue weighted by atomic mass is 10.1. The zero-order valence-corrected chi connectivity index (χ0v) is 5.92. The zero-order valence-electron chi connectivity index (χ0n) is 5.92. The zero-order chi connectivity index (χ0) is 7.40. The Morgan fingerprint density at radius 1 is 1.60 bits per heavy atom. The van der Waals surface area contributed by atoms with E-state index in [2.05, 4.69) is 0 Å². The molecule has 0 spiro atoms. The monoisotopic (exact) mass is 136 g/mol. The first-order valence-corrected chi connectivity index (χ1v) is 3.12. The van der Waals surface area contributed by atoms with Crippen molar-refractivity contribution in [2.45, 2.75) is 0 Å². The first-order chi connectivity index (χ1) is 4.83. The Labute approximate surface area is 60.7 Å². The second-order valence-electron chi connectivity index (χ2n) is 2.13. The summed E-state index contributed by atoms with van der Waals surface area (Å²) in [4.78, 5) is 0. The van der Waals surface area contributed by atoms with Gasteiger partial charge in [-0.2, -0.15) is 0 Å². The lowest BCUT2D eigenvalue weighted by molar-refractivity contribution is 0.227. The van der Waals surface area contributed by atoms with E-state index in [0.717, 1.165) is 5.57 Å². The van der Waals surface area contributed by atoms with Crippen LogP contribution in [-0.4, -0.2) is 19.4 Å². The van der Waals surface area contributed by atoms with Gasteiger partial charge >= 0.3 is 0 Å². The van der Waals surface area contributed by atoms with Gasteiger partial charge in [0.2, 0.25) is 0 Å². The smallest absolute Gasteiger partial charge is 0.0682 e. The Hall–Kier alpha value is -0.890. The Bertz CT molecular complexity index is 191. The first kappa shape index (κ1) is 7.22. The fourth-order valence-corrected chi connectivity index (χ4v) is 0.828. The van der Waals surface area contributed by atoms with Crippen molar-refractivity contribution in [3.63, 3.8) is 0 Å². The highest BCUT2D eigenvalue weighted by molar-refractivity contribution is 6.03. The van der Waals surface area contributed by atoms with E-state index >= 15 is 0 Å². The number of ether oxygens (including phenoxy) is 1. The molecule has 0 saturated heterocycles. The average molecular weight is 136 g/mol. The minimum Gasteiger partial charge on any atom is -0.380 e. The number of rotatable bonds is 2. The highest BCUT2D eigenvalue weighted by Gasteiger charge is 2.00. The summed E-state index contributed by atoms with van der Waals surface area (Å²) >= 11 is 0. The molecule has 0 amide bonds. The van der Waals surface area contributed by atoms with Crippen molar-refractivity contribution in [3.05, 3.63) is 30.2 Å². The molecule has 0 aromatic heterocycles.